The summed E-state index contributed by atoms with van der Waals surface area (Å²) in [7, 11) is 0. The van der Waals surface area contributed by atoms with Crippen molar-refractivity contribution >= 4 is 81.8 Å². The molecule has 0 saturated heterocycles. The van der Waals surface area contributed by atoms with E-state index in [4.69, 9.17) is 49.7 Å². The van der Waals surface area contributed by atoms with Gasteiger partial charge in [-0.25, -0.2) is 9.98 Å². The number of allylic oxidation sites excluding steroid dienone is 2. The molecule has 10 heteroatoms. The third kappa shape index (κ3) is 18.8. The zero-order chi connectivity index (χ0) is 25.8. The monoisotopic (exact) mass is 622 g/mol. The first-order valence-corrected chi connectivity index (χ1v) is 14.5. The number of nitrogens with zero attached hydrogens (tertiary/aromatic N) is 4. The first-order chi connectivity index (χ1) is 16.3. The average Bonchev–Trinajstić information content (AvgIpc) is 3.19. The molecule has 35 heavy (non-hydrogen) atoms. The number of hydrogen-bond acceptors (Lipinski definition) is 6. The number of rotatable bonds is 12. The van der Waals surface area contributed by atoms with Crippen molar-refractivity contribution in [3.63, 3.8) is 0 Å². The molecule has 0 radical (unpaired) electrons. The Kier molecular flexibility index (Phi) is 25.9. The van der Waals surface area contributed by atoms with Crippen molar-refractivity contribution in [1.82, 2.24) is 9.80 Å². The molecule has 0 aromatic heterocycles. The molecule has 1 aliphatic carbocycles. The van der Waals surface area contributed by atoms with Crippen LogP contribution in [0.5, 0.6) is 0 Å². The number of amidine groups is 1. The molecule has 1 unspecified atom stereocenters. The molecule has 0 aromatic rings. The molecule has 0 N–H and O–H groups in total. The summed E-state index contributed by atoms with van der Waals surface area (Å²) in [6, 6.07) is 0.137. The van der Waals surface area contributed by atoms with Crippen molar-refractivity contribution in [3.05, 3.63) is 24.3 Å². The topological polar surface area (TPSA) is 31.2 Å². The van der Waals surface area contributed by atoms with Gasteiger partial charge in [0.2, 0.25) is 0 Å². The summed E-state index contributed by atoms with van der Waals surface area (Å²) < 4.78 is 1.27. The fourth-order valence-corrected chi connectivity index (χ4v) is 3.96. The van der Waals surface area contributed by atoms with E-state index in [0.29, 0.717) is 13.8 Å². The van der Waals surface area contributed by atoms with E-state index >= 15 is 0 Å². The zero-order valence-corrected chi connectivity index (χ0v) is 29.1. The van der Waals surface area contributed by atoms with Crippen LogP contribution in [-0.2, 0) is 44.7 Å². The van der Waals surface area contributed by atoms with Crippen LogP contribution in [0.25, 0.3) is 0 Å². The van der Waals surface area contributed by atoms with Crippen LogP contribution >= 0.6 is 37.1 Å². The van der Waals surface area contributed by atoms with Crippen molar-refractivity contribution in [2.75, 3.05) is 26.2 Å². The van der Waals surface area contributed by atoms with Gasteiger partial charge in [0.1, 0.15) is 6.04 Å². The van der Waals surface area contributed by atoms with Gasteiger partial charge in [-0.3, -0.25) is 0 Å². The number of fused-ring (bicyclic) bond motifs is 1. The van der Waals surface area contributed by atoms with Gasteiger partial charge in [0.25, 0.3) is 0 Å². The van der Waals surface area contributed by atoms with E-state index in [1.165, 1.54) is 51.4 Å². The molecule has 1 heterocycles. The number of aliphatic imine (C=N–C) groups is 2. The molecule has 0 bridgehead atoms. The second-order valence-corrected chi connectivity index (χ2v) is 10.5. The number of hydrogen-bond donors (Lipinski definition) is 1. The maximum absolute atomic E-state index is 4.98. The summed E-state index contributed by atoms with van der Waals surface area (Å²) in [6.07, 6.45) is 17.5. The quantitative estimate of drug-likeness (QED) is 0.113. The largest absolute Gasteiger partial charge is 2.00 e. The van der Waals surface area contributed by atoms with Crippen molar-refractivity contribution < 1.29 is 19.5 Å². The summed E-state index contributed by atoms with van der Waals surface area (Å²) >= 11 is 24.0. The summed E-state index contributed by atoms with van der Waals surface area (Å²) in [5.74, 6) is 0. The maximum Gasteiger partial charge on any atom is 2.00 e. The standard InChI is InChI=1S/2C9H19NS2.C7H6N2S.Zn/c2*1-3-5-7-10(9(11)12)8-6-4-2;10-7-8-5-3-1-2-4-6(5)9-7;/h2*3-8H2,1-2H3,(H,11,12);1-5H,(H,8,10);/q;;;+2/p-2. The maximum atomic E-state index is 4.98. The van der Waals surface area contributed by atoms with Crippen molar-refractivity contribution in [2.45, 2.75) is 85.1 Å². The van der Waals surface area contributed by atoms with Crippen molar-refractivity contribution in [2.24, 2.45) is 9.98 Å². The van der Waals surface area contributed by atoms with Crippen LogP contribution in [-0.4, -0.2) is 61.5 Å². The van der Waals surface area contributed by atoms with E-state index in [-0.39, 0.29) is 25.5 Å². The van der Waals surface area contributed by atoms with E-state index < -0.39 is 0 Å². The van der Waals surface area contributed by atoms with Gasteiger partial charge in [0.05, 0.1) is 5.71 Å². The Morgan fingerprint density at radius 2 is 1.23 bits per heavy atom. The van der Waals surface area contributed by atoms with Crippen LogP contribution in [0.3, 0.4) is 0 Å². The smallest absolute Gasteiger partial charge is 0.411 e. The molecule has 0 spiro atoms. The molecule has 4 nitrogen and oxygen atoms in total. The van der Waals surface area contributed by atoms with Crippen molar-refractivity contribution in [3.8, 4) is 0 Å². The number of unbranched alkanes of at least 4 members (excludes halogenated alkanes) is 4. The summed E-state index contributed by atoms with van der Waals surface area (Å²) in [4.78, 5) is 12.5. The molecule has 0 aromatic carbocycles. The first-order valence-electron chi connectivity index (χ1n) is 12.4. The van der Waals surface area contributed by atoms with E-state index in [1.54, 1.807) is 0 Å². The zero-order valence-electron chi connectivity index (χ0n) is 21.9. The molecule has 194 valence electrons. The predicted molar refractivity (Wildman–Crippen MR) is 169 cm³/mol. The number of thiocarbonyl (C=S) groups is 2. The van der Waals surface area contributed by atoms with Gasteiger partial charge in [0, 0.05) is 26.2 Å². The molecule has 1 aliphatic heterocycles. The molecule has 0 amide bonds. The van der Waals surface area contributed by atoms with Crippen LogP contribution in [0.15, 0.2) is 34.3 Å². The Labute approximate surface area is 254 Å². The molecule has 1 atom stereocenters. The average molecular weight is 624 g/mol. The second-order valence-electron chi connectivity index (χ2n) is 8.07. The molecule has 0 fully saturated rings. The van der Waals surface area contributed by atoms with Gasteiger partial charge >= 0.3 is 19.5 Å². The third-order valence-corrected chi connectivity index (χ3v) is 6.35. The van der Waals surface area contributed by atoms with Crippen LogP contribution in [0, 0.1) is 0 Å². The van der Waals surface area contributed by atoms with E-state index in [1.807, 2.05) is 24.3 Å². The van der Waals surface area contributed by atoms with Gasteiger partial charge in [-0.15, -0.1) is 12.6 Å². The second kappa shape index (κ2) is 24.4. The first kappa shape index (κ1) is 37.2. The van der Waals surface area contributed by atoms with E-state index in [0.717, 1.165) is 31.9 Å². The Morgan fingerprint density at radius 1 is 0.829 bits per heavy atom. The fourth-order valence-electron chi connectivity index (χ4n) is 2.99. The normalized spacial score (nSPS) is 14.7. The Bertz CT molecular complexity index is 664. The molecule has 0 saturated carbocycles. The predicted octanol–water partition coefficient (Wildman–Crippen LogP) is 6.66. The summed E-state index contributed by atoms with van der Waals surface area (Å²) in [6.45, 7) is 12.9. The molecule has 2 rings (SSSR count). The van der Waals surface area contributed by atoms with E-state index in [9.17, 15) is 0 Å². The van der Waals surface area contributed by atoms with E-state index in [2.05, 4.69) is 60.1 Å². The van der Waals surface area contributed by atoms with Gasteiger partial charge < -0.3 is 59.5 Å². The molecular weight excluding hydrogens is 582 g/mol. The number of thiol groups is 1. The van der Waals surface area contributed by atoms with Crippen LogP contribution < -0.4 is 0 Å². The van der Waals surface area contributed by atoms with Gasteiger partial charge in [0.15, 0.2) is 5.17 Å². The third-order valence-electron chi connectivity index (χ3n) is 5.10. The van der Waals surface area contributed by atoms with Gasteiger partial charge in [-0.2, -0.15) is 0 Å². The van der Waals surface area contributed by atoms with Crippen molar-refractivity contribution in [1.29, 1.82) is 0 Å². The van der Waals surface area contributed by atoms with Gasteiger partial charge in [-0.1, -0.05) is 80.2 Å². The molecular formula is C25H42N4S5Zn. The minimum absolute atomic E-state index is 0. The van der Waals surface area contributed by atoms with Crippen LogP contribution in [0.1, 0.15) is 79.1 Å². The molecule has 2 aliphatic rings. The Hall–Kier alpha value is 0.0134. The summed E-state index contributed by atoms with van der Waals surface area (Å²) in [5, 5.41) is 0.580. The Balaban J connectivity index is 0. The van der Waals surface area contributed by atoms with Crippen LogP contribution in [0.2, 0.25) is 0 Å². The van der Waals surface area contributed by atoms with Gasteiger partial charge in [-0.05, 0) is 31.8 Å². The summed E-state index contributed by atoms with van der Waals surface area (Å²) in [5.41, 5.74) is 0.993. The van der Waals surface area contributed by atoms with Crippen LogP contribution in [0.4, 0.5) is 0 Å². The fraction of sp³-hybridized carbons (Fsp3) is 0.680. The Morgan fingerprint density at radius 3 is 1.54 bits per heavy atom. The minimum atomic E-state index is 0. The SMILES string of the molecule is CCCCN(CCCC)C(=S)[S-].CCCCN(CCCC)C(=S)[S-].SC1=NC2C=CC=CC2=N1.[Zn+2]. The minimum Gasteiger partial charge on any atom is -0.411 e.